The Hall–Kier alpha value is -0.260. The number of unbranched alkanes of at least 4 members (excludes halogenated alkanes) is 3. The Bertz CT molecular complexity index is 449. The first-order chi connectivity index (χ1) is 12.8. The van der Waals surface area contributed by atoms with Crippen molar-refractivity contribution in [2.45, 2.75) is 119 Å². The third kappa shape index (κ3) is 6.64. The highest BCUT2D eigenvalue weighted by Gasteiger charge is 2.51. The highest BCUT2D eigenvalue weighted by molar-refractivity contribution is 5.13. The molecule has 0 aromatic rings. The molecule has 0 saturated heterocycles. The highest BCUT2D eigenvalue weighted by Crippen LogP contribution is 2.60. The Morgan fingerprint density at radius 3 is 2.41 bits per heavy atom. The van der Waals surface area contributed by atoms with Crippen molar-refractivity contribution in [3.8, 4) is 0 Å². The number of hydrogen-bond acceptors (Lipinski definition) is 0. The van der Waals surface area contributed by atoms with E-state index in [2.05, 4.69) is 48.1 Å². The summed E-state index contributed by atoms with van der Waals surface area (Å²) in [6, 6.07) is 0. The first-order valence-corrected chi connectivity index (χ1v) is 12.5. The van der Waals surface area contributed by atoms with Crippen molar-refractivity contribution in [1.29, 1.82) is 0 Å². The Kier molecular flexibility index (Phi) is 8.95. The zero-order valence-electron chi connectivity index (χ0n) is 19.7. The molecule has 0 amide bonds. The molecule has 2 aliphatic rings. The molecule has 7 atom stereocenters. The van der Waals surface area contributed by atoms with Gasteiger partial charge in [0.1, 0.15) is 0 Å². The summed E-state index contributed by atoms with van der Waals surface area (Å²) in [4.78, 5) is 0. The summed E-state index contributed by atoms with van der Waals surface area (Å²) < 4.78 is 0. The molecule has 2 saturated carbocycles. The van der Waals surface area contributed by atoms with E-state index in [9.17, 15) is 0 Å². The summed E-state index contributed by atoms with van der Waals surface area (Å²) in [5, 5.41) is 0. The molecule has 0 N–H and O–H groups in total. The SMILES string of the molecule is C=C(CC(C)CCCCC)C1CC1C(C)CCCCC1CC1(C)C(C)CC. The summed E-state index contributed by atoms with van der Waals surface area (Å²) in [5.41, 5.74) is 2.27. The number of allylic oxidation sites excluding steroid dienone is 1. The van der Waals surface area contributed by atoms with Crippen LogP contribution in [0.4, 0.5) is 0 Å². The van der Waals surface area contributed by atoms with E-state index in [0.717, 1.165) is 35.5 Å². The van der Waals surface area contributed by atoms with Gasteiger partial charge in [0.15, 0.2) is 0 Å². The third-order valence-corrected chi connectivity index (χ3v) is 8.67. The Morgan fingerprint density at radius 1 is 1.04 bits per heavy atom. The van der Waals surface area contributed by atoms with Crippen LogP contribution in [0.25, 0.3) is 0 Å². The predicted octanol–water partition coefficient (Wildman–Crippen LogP) is 9.05. The molecule has 0 aromatic heterocycles. The van der Waals surface area contributed by atoms with Crippen LogP contribution in [0.2, 0.25) is 0 Å². The second kappa shape index (κ2) is 10.5. The normalized spacial score (nSPS) is 32.7. The lowest BCUT2D eigenvalue weighted by Gasteiger charge is -2.19. The number of hydrogen-bond donors (Lipinski definition) is 0. The molecular formula is C27H50. The van der Waals surface area contributed by atoms with Crippen molar-refractivity contribution in [2.75, 3.05) is 0 Å². The lowest BCUT2D eigenvalue weighted by atomic mass is 9.86. The van der Waals surface area contributed by atoms with Gasteiger partial charge in [-0.1, -0.05) is 105 Å². The molecular weight excluding hydrogens is 324 g/mol. The Labute approximate surface area is 172 Å². The van der Waals surface area contributed by atoms with E-state index < -0.39 is 0 Å². The molecule has 2 aliphatic carbocycles. The van der Waals surface area contributed by atoms with Crippen molar-refractivity contribution in [1.82, 2.24) is 0 Å². The van der Waals surface area contributed by atoms with Crippen LogP contribution in [0, 0.1) is 40.9 Å². The van der Waals surface area contributed by atoms with Gasteiger partial charge in [-0.05, 0) is 66.6 Å². The average molecular weight is 375 g/mol. The quantitative estimate of drug-likeness (QED) is 0.198. The van der Waals surface area contributed by atoms with Gasteiger partial charge in [0, 0.05) is 0 Å². The maximum Gasteiger partial charge on any atom is -0.0172 e. The zero-order valence-corrected chi connectivity index (χ0v) is 19.7. The van der Waals surface area contributed by atoms with E-state index in [1.807, 2.05) is 0 Å². The minimum absolute atomic E-state index is 0.688. The molecule has 0 aromatic carbocycles. The van der Waals surface area contributed by atoms with Crippen molar-refractivity contribution in [3.63, 3.8) is 0 Å². The first-order valence-electron chi connectivity index (χ1n) is 12.5. The fourth-order valence-corrected chi connectivity index (χ4v) is 5.80. The lowest BCUT2D eigenvalue weighted by Crippen LogP contribution is -2.10. The monoisotopic (exact) mass is 374 g/mol. The van der Waals surface area contributed by atoms with Gasteiger partial charge in [-0.3, -0.25) is 0 Å². The van der Waals surface area contributed by atoms with Gasteiger partial charge in [-0.25, -0.2) is 0 Å². The average Bonchev–Trinajstić information content (AvgIpc) is 3.54. The van der Waals surface area contributed by atoms with Crippen molar-refractivity contribution < 1.29 is 0 Å². The van der Waals surface area contributed by atoms with Gasteiger partial charge in [0.2, 0.25) is 0 Å². The smallest absolute Gasteiger partial charge is 0.0172 e. The van der Waals surface area contributed by atoms with Crippen LogP contribution < -0.4 is 0 Å². The van der Waals surface area contributed by atoms with Crippen LogP contribution in [0.15, 0.2) is 12.2 Å². The van der Waals surface area contributed by atoms with Crippen LogP contribution in [-0.4, -0.2) is 0 Å². The Balaban J connectivity index is 1.55. The van der Waals surface area contributed by atoms with Crippen LogP contribution in [0.3, 0.4) is 0 Å². The summed E-state index contributed by atoms with van der Waals surface area (Å²) in [7, 11) is 0. The van der Waals surface area contributed by atoms with Crippen LogP contribution >= 0.6 is 0 Å². The fourth-order valence-electron chi connectivity index (χ4n) is 5.80. The zero-order chi connectivity index (χ0) is 20.0. The first kappa shape index (κ1) is 23.0. The molecule has 0 bridgehead atoms. The van der Waals surface area contributed by atoms with Crippen LogP contribution in [0.5, 0.6) is 0 Å². The third-order valence-electron chi connectivity index (χ3n) is 8.67. The van der Waals surface area contributed by atoms with E-state index >= 15 is 0 Å². The molecule has 0 heteroatoms. The maximum atomic E-state index is 4.49. The highest BCUT2D eigenvalue weighted by atomic mass is 14.6. The second-order valence-corrected chi connectivity index (χ2v) is 10.9. The maximum absolute atomic E-state index is 4.49. The van der Waals surface area contributed by atoms with Crippen molar-refractivity contribution in [2.24, 2.45) is 40.9 Å². The van der Waals surface area contributed by atoms with E-state index in [1.54, 1.807) is 5.57 Å². The molecule has 0 heterocycles. The van der Waals surface area contributed by atoms with Crippen molar-refractivity contribution in [3.05, 3.63) is 12.2 Å². The molecule has 0 radical (unpaired) electrons. The van der Waals surface area contributed by atoms with E-state index in [1.165, 1.54) is 77.0 Å². The van der Waals surface area contributed by atoms with Gasteiger partial charge < -0.3 is 0 Å². The summed E-state index contributed by atoms with van der Waals surface area (Å²) in [6.45, 7) is 19.1. The minimum atomic E-state index is 0.688. The van der Waals surface area contributed by atoms with Crippen LogP contribution in [0.1, 0.15) is 119 Å². The summed E-state index contributed by atoms with van der Waals surface area (Å²) in [6.07, 6.45) is 17.0. The van der Waals surface area contributed by atoms with Crippen LogP contribution in [-0.2, 0) is 0 Å². The standard InChI is InChI=1S/C27H50/c1-8-10-11-14-20(3)17-22(5)26-18-25(26)21(4)15-12-13-16-24-19-27(24,7)23(6)9-2/h20-21,23-26H,5,8-19H2,1-4,6-7H3. The molecule has 0 spiro atoms. The summed E-state index contributed by atoms with van der Waals surface area (Å²) >= 11 is 0. The van der Waals surface area contributed by atoms with Gasteiger partial charge in [-0.2, -0.15) is 0 Å². The number of rotatable bonds is 15. The molecule has 7 unspecified atom stereocenters. The molecule has 2 fully saturated rings. The Morgan fingerprint density at radius 2 is 1.74 bits per heavy atom. The van der Waals surface area contributed by atoms with Gasteiger partial charge in [-0.15, -0.1) is 0 Å². The summed E-state index contributed by atoms with van der Waals surface area (Å²) in [5.74, 6) is 5.55. The van der Waals surface area contributed by atoms with E-state index in [4.69, 9.17) is 0 Å². The van der Waals surface area contributed by atoms with Gasteiger partial charge in [0.25, 0.3) is 0 Å². The topological polar surface area (TPSA) is 0 Å². The largest absolute Gasteiger partial charge is 0.0996 e. The lowest BCUT2D eigenvalue weighted by molar-refractivity contribution is 0.311. The molecule has 158 valence electrons. The predicted molar refractivity (Wildman–Crippen MR) is 122 cm³/mol. The second-order valence-electron chi connectivity index (χ2n) is 10.9. The molecule has 0 aliphatic heterocycles. The molecule has 2 rings (SSSR count). The van der Waals surface area contributed by atoms with Gasteiger partial charge >= 0.3 is 0 Å². The molecule has 0 nitrogen and oxygen atoms in total. The van der Waals surface area contributed by atoms with Gasteiger partial charge in [0.05, 0.1) is 0 Å². The minimum Gasteiger partial charge on any atom is -0.0996 e. The van der Waals surface area contributed by atoms with Crippen molar-refractivity contribution >= 4 is 0 Å². The van der Waals surface area contributed by atoms with E-state index in [0.29, 0.717) is 5.41 Å². The molecule has 27 heavy (non-hydrogen) atoms. The fraction of sp³-hybridized carbons (Fsp3) is 0.926. The van der Waals surface area contributed by atoms with E-state index in [-0.39, 0.29) is 0 Å².